The summed E-state index contributed by atoms with van der Waals surface area (Å²) in [4.78, 5) is 4.64. The Labute approximate surface area is 176 Å². The summed E-state index contributed by atoms with van der Waals surface area (Å²) in [5, 5.41) is 0.663. The monoisotopic (exact) mass is 433 g/mol. The third-order valence-corrected chi connectivity index (χ3v) is 6.85. The van der Waals surface area contributed by atoms with Gasteiger partial charge in [0.1, 0.15) is 5.82 Å². The van der Waals surface area contributed by atoms with Crippen LogP contribution in [0.5, 0.6) is 0 Å². The first-order chi connectivity index (χ1) is 13.9. The molecule has 2 aromatic carbocycles. The number of rotatable bonds is 9. The molecule has 0 N–H and O–H groups in total. The first kappa shape index (κ1) is 21.5. The lowest BCUT2D eigenvalue weighted by Crippen LogP contribution is -2.34. The number of halogens is 1. The van der Waals surface area contributed by atoms with Gasteiger partial charge in [0.05, 0.1) is 24.6 Å². The minimum absolute atomic E-state index is 0.136. The van der Waals surface area contributed by atoms with Gasteiger partial charge in [-0.2, -0.15) is 4.31 Å². The predicted octanol–water partition coefficient (Wildman–Crippen LogP) is 3.73. The van der Waals surface area contributed by atoms with Gasteiger partial charge in [0, 0.05) is 31.1 Å². The van der Waals surface area contributed by atoms with Crippen LogP contribution in [-0.4, -0.2) is 42.5 Å². The van der Waals surface area contributed by atoms with Crippen molar-refractivity contribution in [3.8, 4) is 0 Å². The van der Waals surface area contributed by atoms with E-state index < -0.39 is 10.0 Å². The molecule has 1 aromatic heterocycles. The van der Waals surface area contributed by atoms with Crippen LogP contribution in [0, 0.1) is 6.92 Å². The van der Waals surface area contributed by atoms with Gasteiger partial charge >= 0.3 is 0 Å². The van der Waals surface area contributed by atoms with Gasteiger partial charge in [0.25, 0.3) is 0 Å². The van der Waals surface area contributed by atoms with Gasteiger partial charge in [-0.3, -0.25) is 0 Å². The number of hydrogen-bond donors (Lipinski definition) is 0. The number of sulfonamides is 1. The van der Waals surface area contributed by atoms with Crippen molar-refractivity contribution in [1.29, 1.82) is 0 Å². The molecule has 0 spiro atoms. The second kappa shape index (κ2) is 9.54. The van der Waals surface area contributed by atoms with E-state index in [1.807, 2.05) is 42.0 Å². The highest BCUT2D eigenvalue weighted by molar-refractivity contribution is 7.89. The Kier molecular flexibility index (Phi) is 7.08. The minimum Gasteiger partial charge on any atom is -0.383 e. The van der Waals surface area contributed by atoms with Crippen LogP contribution in [0.2, 0.25) is 5.02 Å². The molecule has 0 saturated carbocycles. The Hall–Kier alpha value is -2.19. The predicted molar refractivity (Wildman–Crippen MR) is 113 cm³/mol. The zero-order valence-electron chi connectivity index (χ0n) is 16.5. The number of aromatic nitrogens is 2. The maximum atomic E-state index is 13.2. The fraction of sp³-hybridized carbons (Fsp3) is 0.286. The van der Waals surface area contributed by atoms with Crippen molar-refractivity contribution in [3.05, 3.63) is 82.9 Å². The number of methoxy groups -OCH3 is 1. The van der Waals surface area contributed by atoms with Crippen molar-refractivity contribution < 1.29 is 13.2 Å². The second-order valence-corrected chi connectivity index (χ2v) is 9.05. The lowest BCUT2D eigenvalue weighted by atomic mass is 10.2. The summed E-state index contributed by atoms with van der Waals surface area (Å²) < 4.78 is 34.9. The molecule has 0 saturated heterocycles. The van der Waals surface area contributed by atoms with Gasteiger partial charge in [0.15, 0.2) is 0 Å². The summed E-state index contributed by atoms with van der Waals surface area (Å²) in [5.74, 6) is 0.636. The maximum absolute atomic E-state index is 13.2. The Morgan fingerprint density at radius 1 is 1.14 bits per heavy atom. The van der Waals surface area contributed by atoms with E-state index >= 15 is 0 Å². The Morgan fingerprint density at radius 2 is 1.86 bits per heavy atom. The first-order valence-electron chi connectivity index (χ1n) is 9.21. The topological polar surface area (TPSA) is 64.4 Å². The first-order valence-corrected chi connectivity index (χ1v) is 11.0. The molecule has 3 aromatic rings. The molecule has 0 amide bonds. The molecule has 0 aliphatic rings. The van der Waals surface area contributed by atoms with Gasteiger partial charge < -0.3 is 9.30 Å². The standard InChI is InChI=1S/C21H24ClN3O3S/c1-17-7-9-19(10-8-17)29(26,27)25(13-14-28-2)16-21-23-11-12-24(21)15-18-5-3-4-6-20(18)22/h3-12H,13-16H2,1-2H3. The molecular weight excluding hydrogens is 410 g/mol. The molecule has 1 heterocycles. The van der Waals surface area contributed by atoms with Gasteiger partial charge in [0.2, 0.25) is 10.0 Å². The Bertz CT molecular complexity index is 1050. The summed E-state index contributed by atoms with van der Waals surface area (Å²) in [5.41, 5.74) is 1.95. The quantitative estimate of drug-likeness (QED) is 0.515. The molecule has 154 valence electrons. The van der Waals surface area contributed by atoms with Crippen molar-refractivity contribution in [2.45, 2.75) is 24.9 Å². The number of imidazole rings is 1. The number of ether oxygens (including phenoxy) is 1. The molecule has 0 unspecified atom stereocenters. The van der Waals surface area contributed by atoms with Crippen LogP contribution in [0.15, 0.2) is 65.8 Å². The highest BCUT2D eigenvalue weighted by Gasteiger charge is 2.26. The summed E-state index contributed by atoms with van der Waals surface area (Å²) in [6.07, 6.45) is 3.49. The van der Waals surface area contributed by atoms with Crippen molar-refractivity contribution in [1.82, 2.24) is 13.9 Å². The van der Waals surface area contributed by atoms with Gasteiger partial charge in [-0.05, 0) is 30.7 Å². The van der Waals surface area contributed by atoms with Crippen LogP contribution in [-0.2, 0) is 27.8 Å². The summed E-state index contributed by atoms with van der Waals surface area (Å²) in [6.45, 7) is 3.08. The molecule has 8 heteroatoms. The van der Waals surface area contributed by atoms with Crippen LogP contribution in [0.1, 0.15) is 17.0 Å². The molecule has 3 rings (SSSR count). The van der Waals surface area contributed by atoms with Crippen LogP contribution >= 0.6 is 11.6 Å². The van der Waals surface area contributed by atoms with E-state index in [1.165, 1.54) is 4.31 Å². The fourth-order valence-corrected chi connectivity index (χ4v) is 4.51. The molecular formula is C21H24ClN3O3S. The maximum Gasteiger partial charge on any atom is 0.243 e. The number of hydrogen-bond acceptors (Lipinski definition) is 4. The summed E-state index contributed by atoms with van der Waals surface area (Å²) >= 11 is 6.28. The largest absolute Gasteiger partial charge is 0.383 e. The highest BCUT2D eigenvalue weighted by Crippen LogP contribution is 2.20. The van der Waals surface area contributed by atoms with Gasteiger partial charge in [-0.1, -0.05) is 47.5 Å². The molecule has 0 fully saturated rings. The minimum atomic E-state index is -3.69. The summed E-state index contributed by atoms with van der Waals surface area (Å²) in [7, 11) is -2.14. The van der Waals surface area contributed by atoms with E-state index in [1.54, 1.807) is 37.6 Å². The van der Waals surface area contributed by atoms with Crippen molar-refractivity contribution in [2.75, 3.05) is 20.3 Å². The van der Waals surface area contributed by atoms with Gasteiger partial charge in [-0.15, -0.1) is 0 Å². The zero-order chi connectivity index (χ0) is 20.9. The number of benzene rings is 2. The Balaban J connectivity index is 1.87. The van der Waals surface area contributed by atoms with Crippen LogP contribution in [0.25, 0.3) is 0 Å². The lowest BCUT2D eigenvalue weighted by Gasteiger charge is -2.22. The molecule has 0 aliphatic carbocycles. The van der Waals surface area contributed by atoms with Crippen molar-refractivity contribution in [3.63, 3.8) is 0 Å². The molecule has 6 nitrogen and oxygen atoms in total. The van der Waals surface area contributed by atoms with E-state index in [-0.39, 0.29) is 24.6 Å². The van der Waals surface area contributed by atoms with Crippen LogP contribution in [0.4, 0.5) is 0 Å². The van der Waals surface area contributed by atoms with E-state index in [0.29, 0.717) is 17.4 Å². The molecule has 0 bridgehead atoms. The van der Waals surface area contributed by atoms with Crippen molar-refractivity contribution in [2.24, 2.45) is 0 Å². The summed E-state index contributed by atoms with van der Waals surface area (Å²) in [6, 6.07) is 14.4. The molecule has 0 radical (unpaired) electrons. The molecule has 0 aliphatic heterocycles. The average Bonchev–Trinajstić information content (AvgIpc) is 3.14. The Morgan fingerprint density at radius 3 is 2.55 bits per heavy atom. The number of nitrogens with zero attached hydrogens (tertiary/aromatic N) is 3. The smallest absolute Gasteiger partial charge is 0.243 e. The van der Waals surface area contributed by atoms with E-state index in [9.17, 15) is 8.42 Å². The zero-order valence-corrected chi connectivity index (χ0v) is 18.0. The van der Waals surface area contributed by atoms with E-state index in [2.05, 4.69) is 4.98 Å². The van der Waals surface area contributed by atoms with Gasteiger partial charge in [-0.25, -0.2) is 13.4 Å². The van der Waals surface area contributed by atoms with Crippen molar-refractivity contribution >= 4 is 21.6 Å². The van der Waals surface area contributed by atoms with E-state index in [4.69, 9.17) is 16.3 Å². The van der Waals surface area contributed by atoms with Crippen LogP contribution in [0.3, 0.4) is 0 Å². The van der Waals surface area contributed by atoms with E-state index in [0.717, 1.165) is 11.1 Å². The molecule has 29 heavy (non-hydrogen) atoms. The third kappa shape index (κ3) is 5.25. The normalized spacial score (nSPS) is 11.9. The lowest BCUT2D eigenvalue weighted by molar-refractivity contribution is 0.176. The number of aryl methyl sites for hydroxylation is 1. The molecule has 0 atom stereocenters. The average molecular weight is 434 g/mol. The third-order valence-electron chi connectivity index (χ3n) is 4.62. The highest BCUT2D eigenvalue weighted by atomic mass is 35.5. The second-order valence-electron chi connectivity index (χ2n) is 6.71. The SMILES string of the molecule is COCCN(Cc1nccn1Cc1ccccc1Cl)S(=O)(=O)c1ccc(C)cc1. The van der Waals surface area contributed by atoms with Crippen LogP contribution < -0.4 is 0 Å². The fourth-order valence-electron chi connectivity index (χ4n) is 2.94.